The van der Waals surface area contributed by atoms with Gasteiger partial charge in [-0.05, 0) is 71.0 Å². The third-order valence-corrected chi connectivity index (χ3v) is 9.17. The lowest BCUT2D eigenvalue weighted by atomic mass is 9.69. The highest BCUT2D eigenvalue weighted by Crippen LogP contribution is 2.49. The number of esters is 1. The molecule has 0 amide bonds. The Hall–Kier alpha value is -5.20. The van der Waals surface area contributed by atoms with Gasteiger partial charge in [-0.2, -0.15) is 0 Å². The van der Waals surface area contributed by atoms with E-state index in [2.05, 4.69) is 24.3 Å². The summed E-state index contributed by atoms with van der Waals surface area (Å²) in [6.45, 7) is 2.27. The fraction of sp³-hybridized carbons (Fsp3) is 0.200. The summed E-state index contributed by atoms with van der Waals surface area (Å²) in [5, 5.41) is 11.6. The number of hydrogen-bond acceptors (Lipinski definition) is 5. The van der Waals surface area contributed by atoms with E-state index in [-0.39, 0.29) is 19.1 Å². The summed E-state index contributed by atoms with van der Waals surface area (Å²) in [6, 6.07) is 44.1. The van der Waals surface area contributed by atoms with Crippen LogP contribution in [0.25, 0.3) is 11.1 Å². The number of nitrogens with two attached hydrogens (primary N) is 1. The SMILES string of the molecule is CC(CCN)C(C(=O)OCC1c2ccccc2-c2ccccc21)[C@](C(=O)O)(c1ccccc1)N(c1ccccc1)c1ccccc1. The van der Waals surface area contributed by atoms with Gasteiger partial charge in [-0.15, -0.1) is 0 Å². The summed E-state index contributed by atoms with van der Waals surface area (Å²) in [5.74, 6) is -3.49. The van der Waals surface area contributed by atoms with E-state index >= 15 is 0 Å². The van der Waals surface area contributed by atoms with Crippen LogP contribution in [0.3, 0.4) is 0 Å². The van der Waals surface area contributed by atoms with Crippen molar-refractivity contribution in [3.8, 4) is 11.1 Å². The summed E-state index contributed by atoms with van der Waals surface area (Å²) in [4.78, 5) is 30.7. The highest BCUT2D eigenvalue weighted by molar-refractivity contribution is 5.95. The Morgan fingerprint density at radius 3 is 1.67 bits per heavy atom. The zero-order chi connectivity index (χ0) is 32.1. The van der Waals surface area contributed by atoms with Crippen molar-refractivity contribution in [2.45, 2.75) is 24.8 Å². The fourth-order valence-corrected chi connectivity index (χ4v) is 7.14. The van der Waals surface area contributed by atoms with Crippen LogP contribution < -0.4 is 10.6 Å². The van der Waals surface area contributed by atoms with E-state index < -0.39 is 29.3 Å². The second-order valence-corrected chi connectivity index (χ2v) is 11.8. The first-order valence-corrected chi connectivity index (χ1v) is 15.7. The second-order valence-electron chi connectivity index (χ2n) is 11.8. The zero-order valence-corrected chi connectivity index (χ0v) is 25.8. The number of rotatable bonds is 12. The number of carbonyl (C=O) groups excluding carboxylic acids is 1. The number of carboxylic acid groups (broad SMARTS) is 1. The van der Waals surface area contributed by atoms with E-state index in [9.17, 15) is 14.7 Å². The summed E-state index contributed by atoms with van der Waals surface area (Å²) in [7, 11) is 0. The Morgan fingerprint density at radius 1 is 0.739 bits per heavy atom. The minimum Gasteiger partial charge on any atom is -0.479 e. The lowest BCUT2D eigenvalue weighted by molar-refractivity contribution is -0.162. The van der Waals surface area contributed by atoms with Crippen LogP contribution in [0.2, 0.25) is 0 Å². The van der Waals surface area contributed by atoms with Crippen LogP contribution in [0, 0.1) is 11.8 Å². The molecular weight excluding hydrogens is 572 g/mol. The molecule has 1 aliphatic rings. The molecule has 0 fully saturated rings. The highest BCUT2D eigenvalue weighted by Gasteiger charge is 2.58. The fourth-order valence-electron chi connectivity index (χ4n) is 7.14. The molecule has 3 atom stereocenters. The number of nitrogens with zero attached hydrogens (tertiary/aromatic N) is 1. The van der Waals surface area contributed by atoms with Crippen LogP contribution in [0.5, 0.6) is 0 Å². The summed E-state index contributed by atoms with van der Waals surface area (Å²) in [5.41, 5.74) is 10.4. The maximum absolute atomic E-state index is 14.8. The maximum atomic E-state index is 14.8. The summed E-state index contributed by atoms with van der Waals surface area (Å²) < 4.78 is 6.30. The largest absolute Gasteiger partial charge is 0.479 e. The Bertz CT molecular complexity index is 1710. The van der Waals surface area contributed by atoms with Gasteiger partial charge in [-0.1, -0.05) is 122 Å². The van der Waals surface area contributed by atoms with Crippen LogP contribution in [-0.4, -0.2) is 30.2 Å². The van der Waals surface area contributed by atoms with Crippen molar-refractivity contribution < 1.29 is 19.4 Å². The lowest BCUT2D eigenvalue weighted by Crippen LogP contribution is -2.59. The average Bonchev–Trinajstić information content (AvgIpc) is 3.41. The van der Waals surface area contributed by atoms with Crippen molar-refractivity contribution in [1.29, 1.82) is 0 Å². The predicted octanol–water partition coefficient (Wildman–Crippen LogP) is 7.76. The quantitative estimate of drug-likeness (QED) is 0.140. The second kappa shape index (κ2) is 13.4. The van der Waals surface area contributed by atoms with Crippen molar-refractivity contribution in [3.05, 3.63) is 156 Å². The molecule has 6 rings (SSSR count). The van der Waals surface area contributed by atoms with Gasteiger partial charge in [0.15, 0.2) is 5.54 Å². The Morgan fingerprint density at radius 2 is 1.20 bits per heavy atom. The number of benzene rings is 5. The third-order valence-electron chi connectivity index (χ3n) is 9.17. The van der Waals surface area contributed by atoms with E-state index in [1.54, 1.807) is 17.0 Å². The molecule has 0 aromatic heterocycles. The number of fused-ring (bicyclic) bond motifs is 3. The van der Waals surface area contributed by atoms with Gasteiger partial charge in [-0.3, -0.25) is 4.79 Å². The summed E-state index contributed by atoms with van der Waals surface area (Å²) >= 11 is 0. The van der Waals surface area contributed by atoms with Crippen molar-refractivity contribution in [2.24, 2.45) is 17.6 Å². The van der Waals surface area contributed by atoms with Gasteiger partial charge in [0, 0.05) is 17.3 Å². The van der Waals surface area contributed by atoms with Crippen LogP contribution >= 0.6 is 0 Å². The molecule has 46 heavy (non-hydrogen) atoms. The third kappa shape index (κ3) is 5.46. The molecule has 0 spiro atoms. The van der Waals surface area contributed by atoms with Gasteiger partial charge in [0.05, 0.1) is 5.92 Å². The lowest BCUT2D eigenvalue weighted by Gasteiger charge is -2.48. The van der Waals surface area contributed by atoms with Crippen LogP contribution in [0.4, 0.5) is 11.4 Å². The molecule has 2 unspecified atom stereocenters. The zero-order valence-electron chi connectivity index (χ0n) is 25.8. The van der Waals surface area contributed by atoms with Crippen LogP contribution in [0.15, 0.2) is 140 Å². The Labute approximate surface area is 270 Å². The number of para-hydroxylation sites is 2. The summed E-state index contributed by atoms with van der Waals surface area (Å²) in [6.07, 6.45) is 0.425. The number of hydrogen-bond donors (Lipinski definition) is 2. The molecule has 6 nitrogen and oxygen atoms in total. The van der Waals surface area contributed by atoms with E-state index in [4.69, 9.17) is 10.5 Å². The first-order chi connectivity index (χ1) is 22.5. The minimum atomic E-state index is -1.89. The van der Waals surface area contributed by atoms with E-state index in [1.807, 2.05) is 110 Å². The van der Waals surface area contributed by atoms with Gasteiger partial charge in [0.2, 0.25) is 0 Å². The van der Waals surface area contributed by atoms with Gasteiger partial charge in [0.1, 0.15) is 6.61 Å². The smallest absolute Gasteiger partial charge is 0.335 e. The molecule has 0 saturated carbocycles. The van der Waals surface area contributed by atoms with E-state index in [0.29, 0.717) is 23.4 Å². The normalized spacial score (nSPS) is 14.7. The number of ether oxygens (including phenoxy) is 1. The van der Waals surface area contributed by atoms with Gasteiger partial charge in [0.25, 0.3) is 0 Å². The van der Waals surface area contributed by atoms with Crippen LogP contribution in [0.1, 0.15) is 36.0 Å². The van der Waals surface area contributed by atoms with Crippen molar-refractivity contribution in [3.63, 3.8) is 0 Å². The number of carbonyl (C=O) groups is 2. The predicted molar refractivity (Wildman–Crippen MR) is 182 cm³/mol. The molecule has 0 aliphatic heterocycles. The number of carboxylic acids is 1. The highest BCUT2D eigenvalue weighted by atomic mass is 16.5. The van der Waals surface area contributed by atoms with Crippen LogP contribution in [-0.2, 0) is 19.9 Å². The molecule has 232 valence electrons. The molecule has 0 radical (unpaired) electrons. The standard InChI is InChI=1S/C40H38N2O4/c1-28(25-26-41)37(38(43)46-27-36-34-23-13-11-21-32(34)33-22-12-14-24-35(33)36)40(39(44)45,29-15-5-2-6-16-29)42(30-17-7-3-8-18-30)31-19-9-4-10-20-31/h2-24,28,36-37H,25-27,41H2,1H3,(H,44,45)/t28?,37?,40-/m0/s1. The molecular formula is C40H38N2O4. The molecule has 0 bridgehead atoms. The molecule has 1 aliphatic carbocycles. The van der Waals surface area contributed by atoms with E-state index in [0.717, 1.165) is 22.3 Å². The molecule has 5 aromatic carbocycles. The maximum Gasteiger partial charge on any atom is 0.335 e. The number of aliphatic carboxylic acids is 1. The first-order valence-electron chi connectivity index (χ1n) is 15.7. The average molecular weight is 611 g/mol. The van der Waals surface area contributed by atoms with Crippen molar-refractivity contribution >= 4 is 23.3 Å². The van der Waals surface area contributed by atoms with Crippen molar-refractivity contribution in [1.82, 2.24) is 0 Å². The van der Waals surface area contributed by atoms with Gasteiger partial charge in [-0.25, -0.2) is 4.79 Å². The number of anilines is 2. The molecule has 5 aromatic rings. The van der Waals surface area contributed by atoms with Gasteiger partial charge >= 0.3 is 11.9 Å². The monoisotopic (exact) mass is 610 g/mol. The first kappa shape index (κ1) is 30.8. The minimum absolute atomic E-state index is 0.0832. The Kier molecular flexibility index (Phi) is 8.99. The molecule has 6 heteroatoms. The topological polar surface area (TPSA) is 92.9 Å². The molecule has 0 saturated heterocycles. The Balaban J connectivity index is 1.51. The molecule has 3 N–H and O–H groups in total. The van der Waals surface area contributed by atoms with Crippen molar-refractivity contribution in [2.75, 3.05) is 18.1 Å². The molecule has 0 heterocycles. The van der Waals surface area contributed by atoms with E-state index in [1.165, 1.54) is 0 Å². The van der Waals surface area contributed by atoms with Gasteiger partial charge < -0.3 is 20.5 Å².